The molecule has 1 atom stereocenters. The third kappa shape index (κ3) is 5.32. The van der Waals surface area contributed by atoms with Gasteiger partial charge in [-0.25, -0.2) is 0 Å². The number of nitrogens with one attached hydrogen (secondary N) is 1. The van der Waals surface area contributed by atoms with E-state index in [9.17, 15) is 14.4 Å². The molecule has 4 N–H and O–H groups in total. The van der Waals surface area contributed by atoms with Crippen molar-refractivity contribution in [1.82, 2.24) is 4.90 Å². The molecule has 2 amide bonds. The lowest BCUT2D eigenvalue weighted by molar-refractivity contribution is -0.138. The molecule has 0 aliphatic carbocycles. The van der Waals surface area contributed by atoms with Gasteiger partial charge in [0.15, 0.2) is 0 Å². The van der Waals surface area contributed by atoms with E-state index < -0.39 is 12.0 Å². The maximum absolute atomic E-state index is 13.4. The Morgan fingerprint density at radius 3 is 2.16 bits per heavy atom. The first-order chi connectivity index (χ1) is 15.3. The first kappa shape index (κ1) is 23.0. The number of nitrogen functional groups attached to an aromatic ring is 1. The smallest absolute Gasteiger partial charge is 0.303 e. The van der Waals surface area contributed by atoms with Crippen molar-refractivity contribution < 1.29 is 19.5 Å². The number of rotatable bonds is 7. The maximum atomic E-state index is 13.4. The number of carboxylic acids is 1. The summed E-state index contributed by atoms with van der Waals surface area (Å²) in [5, 5.41) is 16.5. The van der Waals surface area contributed by atoms with Crippen molar-refractivity contribution in [3.8, 4) is 0 Å². The van der Waals surface area contributed by atoms with Crippen LogP contribution in [-0.4, -0.2) is 52.8 Å². The van der Waals surface area contributed by atoms with Crippen LogP contribution < -0.4 is 10.6 Å². The van der Waals surface area contributed by atoms with Gasteiger partial charge >= 0.3 is 5.97 Å². The van der Waals surface area contributed by atoms with E-state index in [1.54, 1.807) is 48.2 Å². The molecule has 1 fully saturated rings. The predicted molar refractivity (Wildman–Crippen MR) is 122 cm³/mol. The maximum Gasteiger partial charge on any atom is 0.303 e. The standard InChI is InChI=1S/C24H28N4O4/c1-16(23(31)27-13-11-17(12-14-27)15-21(29)30)28(20-5-3-2-4-6-20)24(32)19-9-7-18(8-10-19)22(25)26/h2-10,16-17H,11-15H2,1H3,(H3,25,26)(H,29,30)/t16-/m0/s1. The molecule has 0 unspecified atom stereocenters. The molecule has 168 valence electrons. The minimum atomic E-state index is -0.820. The van der Waals surface area contributed by atoms with Gasteiger partial charge in [-0.1, -0.05) is 30.3 Å². The summed E-state index contributed by atoms with van der Waals surface area (Å²) < 4.78 is 0. The van der Waals surface area contributed by atoms with Crippen LogP contribution in [0.4, 0.5) is 5.69 Å². The number of likely N-dealkylation sites (tertiary alicyclic amines) is 1. The zero-order valence-corrected chi connectivity index (χ0v) is 18.0. The largest absolute Gasteiger partial charge is 0.481 e. The van der Waals surface area contributed by atoms with E-state index in [2.05, 4.69) is 0 Å². The van der Waals surface area contributed by atoms with Crippen molar-refractivity contribution in [3.63, 3.8) is 0 Å². The van der Waals surface area contributed by atoms with Crippen LogP contribution in [0.15, 0.2) is 54.6 Å². The van der Waals surface area contributed by atoms with E-state index in [0.29, 0.717) is 42.7 Å². The molecule has 8 nitrogen and oxygen atoms in total. The number of anilines is 1. The molecular formula is C24H28N4O4. The van der Waals surface area contributed by atoms with Crippen molar-refractivity contribution in [2.75, 3.05) is 18.0 Å². The van der Waals surface area contributed by atoms with E-state index in [-0.39, 0.29) is 30.0 Å². The number of nitrogens with zero attached hydrogens (tertiary/aromatic N) is 2. The highest BCUT2D eigenvalue weighted by Crippen LogP contribution is 2.25. The molecular weight excluding hydrogens is 408 g/mol. The summed E-state index contributed by atoms with van der Waals surface area (Å²) in [6, 6.07) is 14.7. The Morgan fingerprint density at radius 1 is 1.06 bits per heavy atom. The molecule has 1 aliphatic rings. The molecule has 1 heterocycles. The third-order valence-electron chi connectivity index (χ3n) is 5.83. The second-order valence-electron chi connectivity index (χ2n) is 8.04. The van der Waals surface area contributed by atoms with Crippen LogP contribution in [-0.2, 0) is 9.59 Å². The number of carbonyl (C=O) groups is 3. The van der Waals surface area contributed by atoms with Gasteiger partial charge in [0, 0.05) is 36.3 Å². The van der Waals surface area contributed by atoms with Gasteiger partial charge in [-0.3, -0.25) is 24.7 Å². The summed E-state index contributed by atoms with van der Waals surface area (Å²) in [6.07, 6.45) is 1.38. The zero-order chi connectivity index (χ0) is 23.3. The number of nitrogens with two attached hydrogens (primary N) is 1. The summed E-state index contributed by atoms with van der Waals surface area (Å²) in [7, 11) is 0. The summed E-state index contributed by atoms with van der Waals surface area (Å²) in [6.45, 7) is 2.66. The Labute approximate surface area is 187 Å². The molecule has 0 bridgehead atoms. The molecule has 3 rings (SSSR count). The van der Waals surface area contributed by atoms with Gasteiger partial charge < -0.3 is 15.7 Å². The van der Waals surface area contributed by atoms with E-state index in [1.807, 2.05) is 18.2 Å². The van der Waals surface area contributed by atoms with Crippen molar-refractivity contribution in [2.45, 2.75) is 32.2 Å². The van der Waals surface area contributed by atoms with Crippen LogP contribution in [0.2, 0.25) is 0 Å². The van der Waals surface area contributed by atoms with Gasteiger partial charge in [-0.05, 0) is 49.9 Å². The molecule has 0 aromatic heterocycles. The molecule has 32 heavy (non-hydrogen) atoms. The lowest BCUT2D eigenvalue weighted by Gasteiger charge is -2.36. The van der Waals surface area contributed by atoms with Gasteiger partial charge in [0.05, 0.1) is 0 Å². The fourth-order valence-corrected chi connectivity index (χ4v) is 4.02. The van der Waals surface area contributed by atoms with Crippen molar-refractivity contribution in [3.05, 3.63) is 65.7 Å². The van der Waals surface area contributed by atoms with Crippen molar-refractivity contribution in [2.24, 2.45) is 11.7 Å². The molecule has 8 heteroatoms. The predicted octanol–water partition coefficient (Wildman–Crippen LogP) is 2.72. The van der Waals surface area contributed by atoms with Crippen LogP contribution in [0, 0.1) is 11.3 Å². The van der Waals surface area contributed by atoms with Crippen LogP contribution in [0.1, 0.15) is 42.1 Å². The minimum Gasteiger partial charge on any atom is -0.481 e. The van der Waals surface area contributed by atoms with Gasteiger partial charge in [0.25, 0.3) is 5.91 Å². The highest BCUT2D eigenvalue weighted by Gasteiger charge is 2.33. The number of benzene rings is 2. The first-order valence-corrected chi connectivity index (χ1v) is 10.6. The molecule has 0 saturated carbocycles. The van der Waals surface area contributed by atoms with Crippen LogP contribution >= 0.6 is 0 Å². The number of aliphatic carboxylic acids is 1. The van der Waals surface area contributed by atoms with Crippen LogP contribution in [0.25, 0.3) is 0 Å². The summed E-state index contributed by atoms with van der Waals surface area (Å²) in [5.41, 5.74) is 7.01. The molecule has 2 aromatic carbocycles. The van der Waals surface area contributed by atoms with E-state index in [1.165, 1.54) is 4.90 Å². The number of hydrogen-bond donors (Lipinski definition) is 3. The van der Waals surface area contributed by atoms with Crippen molar-refractivity contribution >= 4 is 29.3 Å². The number of piperidine rings is 1. The van der Waals surface area contributed by atoms with Gasteiger partial charge in [-0.2, -0.15) is 0 Å². The van der Waals surface area contributed by atoms with E-state index in [4.69, 9.17) is 16.2 Å². The quantitative estimate of drug-likeness (QED) is 0.454. The number of amides is 2. The number of hydrogen-bond acceptors (Lipinski definition) is 4. The molecule has 2 aromatic rings. The normalized spacial score (nSPS) is 15.1. The monoisotopic (exact) mass is 436 g/mol. The second-order valence-corrected chi connectivity index (χ2v) is 8.04. The Morgan fingerprint density at radius 2 is 1.62 bits per heavy atom. The first-order valence-electron chi connectivity index (χ1n) is 10.6. The number of amidine groups is 1. The van der Waals surface area contributed by atoms with E-state index in [0.717, 1.165) is 0 Å². The number of carboxylic acid groups (broad SMARTS) is 1. The summed E-state index contributed by atoms with van der Waals surface area (Å²) in [5.74, 6) is -1.33. The van der Waals surface area contributed by atoms with Gasteiger partial charge in [0.2, 0.25) is 5.91 Å². The lowest BCUT2D eigenvalue weighted by Crippen LogP contribution is -2.51. The minimum absolute atomic E-state index is 0.0681. The molecule has 1 aliphatic heterocycles. The number of carbonyl (C=O) groups excluding carboxylic acids is 2. The van der Waals surface area contributed by atoms with Crippen molar-refractivity contribution in [1.29, 1.82) is 5.41 Å². The highest BCUT2D eigenvalue weighted by molar-refractivity contribution is 6.10. The Bertz CT molecular complexity index is 983. The van der Waals surface area contributed by atoms with Gasteiger partial charge in [0.1, 0.15) is 11.9 Å². The summed E-state index contributed by atoms with van der Waals surface area (Å²) in [4.78, 5) is 40.9. The Kier molecular flexibility index (Phi) is 7.25. The van der Waals surface area contributed by atoms with E-state index >= 15 is 0 Å². The zero-order valence-electron chi connectivity index (χ0n) is 18.0. The molecule has 1 saturated heterocycles. The highest BCUT2D eigenvalue weighted by atomic mass is 16.4. The molecule has 0 spiro atoms. The number of para-hydroxylation sites is 1. The molecule has 0 radical (unpaired) electrons. The van der Waals surface area contributed by atoms with Gasteiger partial charge in [-0.15, -0.1) is 0 Å². The fraction of sp³-hybridized carbons (Fsp3) is 0.333. The average Bonchev–Trinajstić information content (AvgIpc) is 2.79. The lowest BCUT2D eigenvalue weighted by atomic mass is 9.93. The SMILES string of the molecule is C[C@@H](C(=O)N1CCC(CC(=O)O)CC1)N(C(=O)c1ccc(C(=N)N)cc1)c1ccccc1. The fourth-order valence-electron chi connectivity index (χ4n) is 4.02. The average molecular weight is 437 g/mol. The van der Waals surface area contributed by atoms with Crippen LogP contribution in [0.5, 0.6) is 0 Å². The third-order valence-corrected chi connectivity index (χ3v) is 5.83. The summed E-state index contributed by atoms with van der Waals surface area (Å²) >= 11 is 0. The topological polar surface area (TPSA) is 128 Å². The van der Waals surface area contributed by atoms with Crippen LogP contribution in [0.3, 0.4) is 0 Å². The Balaban J connectivity index is 1.81. The second kappa shape index (κ2) is 10.1. The Hall–Kier alpha value is -3.68.